The minimum atomic E-state index is -0.681. The molecule has 0 N–H and O–H groups in total. The number of benzene rings is 2. The zero-order valence-electron chi connectivity index (χ0n) is 17.6. The summed E-state index contributed by atoms with van der Waals surface area (Å²) in [6, 6.07) is 7.37. The van der Waals surface area contributed by atoms with Crippen LogP contribution in [-0.4, -0.2) is 33.3 Å². The van der Waals surface area contributed by atoms with Gasteiger partial charge < -0.3 is 13.7 Å². The molecule has 2 aromatic carbocycles. The Morgan fingerprint density at radius 1 is 1.33 bits per heavy atom. The molecule has 2 heterocycles. The number of halogens is 1. The lowest BCUT2D eigenvalue weighted by Crippen LogP contribution is -2.12. The fourth-order valence-electron chi connectivity index (χ4n) is 3.75. The average Bonchev–Trinajstić information content (AvgIpc) is 3.42. The van der Waals surface area contributed by atoms with E-state index in [2.05, 4.69) is 4.98 Å². The number of aldehydes is 1. The molecule has 0 aliphatic carbocycles. The minimum absolute atomic E-state index is 0.0723. The molecule has 10 heteroatoms. The highest BCUT2D eigenvalue weighted by Crippen LogP contribution is 2.40. The van der Waals surface area contributed by atoms with E-state index in [0.29, 0.717) is 17.2 Å². The molecule has 0 saturated heterocycles. The third kappa shape index (κ3) is 3.86. The number of aromatic nitrogens is 2. The molecule has 1 atom stereocenters. The predicted octanol–water partition coefficient (Wildman–Crippen LogP) is 4.94. The second kappa shape index (κ2) is 8.65. The molecule has 0 fully saturated rings. The Bertz CT molecular complexity index is 1370. The number of carbonyl (C=O) groups is 2. The van der Waals surface area contributed by atoms with Crippen molar-refractivity contribution in [1.29, 1.82) is 0 Å². The van der Waals surface area contributed by atoms with Crippen LogP contribution in [0.15, 0.2) is 53.2 Å². The van der Waals surface area contributed by atoms with Crippen molar-refractivity contribution in [3.05, 3.63) is 81.7 Å². The van der Waals surface area contributed by atoms with Crippen molar-refractivity contribution < 1.29 is 28.1 Å². The number of ether oxygens (including phenoxy) is 1. The topological polar surface area (TPSA) is 117 Å². The van der Waals surface area contributed by atoms with Crippen molar-refractivity contribution in [2.45, 2.75) is 19.9 Å². The van der Waals surface area contributed by atoms with Gasteiger partial charge in [-0.15, -0.1) is 0 Å². The van der Waals surface area contributed by atoms with Crippen LogP contribution in [0.1, 0.15) is 46.4 Å². The van der Waals surface area contributed by atoms with Gasteiger partial charge in [0.1, 0.15) is 22.7 Å². The van der Waals surface area contributed by atoms with E-state index in [9.17, 15) is 24.1 Å². The monoisotopic (exact) mass is 451 g/mol. The van der Waals surface area contributed by atoms with E-state index in [4.69, 9.17) is 9.15 Å². The Kier molecular flexibility index (Phi) is 5.74. The van der Waals surface area contributed by atoms with E-state index in [1.54, 1.807) is 13.8 Å². The summed E-state index contributed by atoms with van der Waals surface area (Å²) in [5.41, 5.74) is 0.566. The van der Waals surface area contributed by atoms with Gasteiger partial charge in [0, 0.05) is 23.3 Å². The van der Waals surface area contributed by atoms with Crippen LogP contribution in [0.4, 0.5) is 10.1 Å². The smallest absolute Gasteiger partial charge is 0.342 e. The summed E-state index contributed by atoms with van der Waals surface area (Å²) in [4.78, 5) is 39.4. The number of rotatable bonds is 7. The number of nitro benzene ring substituents is 1. The molecule has 0 saturated carbocycles. The lowest BCUT2D eigenvalue weighted by atomic mass is 9.99. The van der Waals surface area contributed by atoms with Gasteiger partial charge in [-0.1, -0.05) is 0 Å². The number of imidazole rings is 1. The van der Waals surface area contributed by atoms with Crippen LogP contribution in [0.25, 0.3) is 22.3 Å². The van der Waals surface area contributed by atoms with E-state index in [0.717, 1.165) is 0 Å². The van der Waals surface area contributed by atoms with Crippen molar-refractivity contribution in [1.82, 2.24) is 9.55 Å². The van der Waals surface area contributed by atoms with Crippen LogP contribution in [0.3, 0.4) is 0 Å². The van der Waals surface area contributed by atoms with E-state index in [1.165, 1.54) is 53.4 Å². The van der Waals surface area contributed by atoms with Crippen LogP contribution in [0.5, 0.6) is 0 Å². The SMILES string of the molecule is CCOC(=O)c1c(-c2ccc(F)cc2)oc2cc([N+](=O)[O-])c(C(C)n3ccnc3C=O)cc12. The van der Waals surface area contributed by atoms with Crippen LogP contribution in [0, 0.1) is 15.9 Å². The van der Waals surface area contributed by atoms with Gasteiger partial charge in [0.2, 0.25) is 0 Å². The second-order valence-corrected chi connectivity index (χ2v) is 7.18. The maximum absolute atomic E-state index is 13.4. The molecule has 0 amide bonds. The number of hydrogen-bond donors (Lipinski definition) is 0. The zero-order valence-corrected chi connectivity index (χ0v) is 17.6. The number of esters is 1. The number of hydrogen-bond acceptors (Lipinski definition) is 7. The molecule has 0 bridgehead atoms. The molecule has 33 heavy (non-hydrogen) atoms. The van der Waals surface area contributed by atoms with Crippen LogP contribution >= 0.6 is 0 Å². The van der Waals surface area contributed by atoms with Crippen molar-refractivity contribution in [2.24, 2.45) is 0 Å². The summed E-state index contributed by atoms with van der Waals surface area (Å²) in [6.07, 6.45) is 3.50. The van der Waals surface area contributed by atoms with Crippen molar-refractivity contribution in [3.63, 3.8) is 0 Å². The van der Waals surface area contributed by atoms with Crippen LogP contribution in [0.2, 0.25) is 0 Å². The number of fused-ring (bicyclic) bond motifs is 1. The molecular weight excluding hydrogens is 433 g/mol. The molecule has 4 rings (SSSR count). The quantitative estimate of drug-likeness (QED) is 0.169. The van der Waals surface area contributed by atoms with Gasteiger partial charge in [-0.3, -0.25) is 14.9 Å². The van der Waals surface area contributed by atoms with E-state index < -0.39 is 22.8 Å². The number of carbonyl (C=O) groups excluding carboxylic acids is 2. The molecule has 0 spiro atoms. The van der Waals surface area contributed by atoms with Crippen molar-refractivity contribution in [2.75, 3.05) is 6.61 Å². The summed E-state index contributed by atoms with van der Waals surface area (Å²) < 4.78 is 26.0. The minimum Gasteiger partial charge on any atom is -0.462 e. The molecule has 168 valence electrons. The third-order valence-corrected chi connectivity index (χ3v) is 5.29. The molecule has 0 radical (unpaired) electrons. The van der Waals surface area contributed by atoms with Gasteiger partial charge in [-0.05, 0) is 44.2 Å². The van der Waals surface area contributed by atoms with Gasteiger partial charge in [-0.25, -0.2) is 14.2 Å². The summed E-state index contributed by atoms with van der Waals surface area (Å²) in [7, 11) is 0. The van der Waals surface area contributed by atoms with E-state index >= 15 is 0 Å². The van der Waals surface area contributed by atoms with Crippen molar-refractivity contribution in [3.8, 4) is 11.3 Å². The van der Waals surface area contributed by atoms with Crippen molar-refractivity contribution >= 4 is 28.9 Å². The first kappa shape index (κ1) is 21.9. The average molecular weight is 451 g/mol. The maximum Gasteiger partial charge on any atom is 0.342 e. The third-order valence-electron chi connectivity index (χ3n) is 5.29. The Balaban J connectivity index is 2.00. The largest absolute Gasteiger partial charge is 0.462 e. The first-order chi connectivity index (χ1) is 15.8. The van der Waals surface area contributed by atoms with Crippen LogP contribution < -0.4 is 0 Å². The highest BCUT2D eigenvalue weighted by Gasteiger charge is 2.29. The van der Waals surface area contributed by atoms with E-state index in [-0.39, 0.29) is 40.6 Å². The Labute approximate surface area is 186 Å². The number of nitro groups is 1. The fraction of sp³-hybridized carbons (Fsp3) is 0.174. The lowest BCUT2D eigenvalue weighted by Gasteiger charge is -2.15. The molecule has 2 aromatic heterocycles. The van der Waals surface area contributed by atoms with Gasteiger partial charge in [-0.2, -0.15) is 0 Å². The molecular formula is C23H18FN3O6. The molecule has 0 aliphatic rings. The normalized spacial score (nSPS) is 12.0. The highest BCUT2D eigenvalue weighted by atomic mass is 19.1. The fourth-order valence-corrected chi connectivity index (χ4v) is 3.75. The highest BCUT2D eigenvalue weighted by molar-refractivity contribution is 6.09. The van der Waals surface area contributed by atoms with Gasteiger partial charge in [0.25, 0.3) is 5.69 Å². The summed E-state index contributed by atoms with van der Waals surface area (Å²) >= 11 is 0. The standard InChI is InChI=1S/C23H18FN3O6/c1-3-32-23(29)21-17-10-16(13(2)26-9-8-25-20(26)12-28)18(27(30)31)11-19(17)33-22(21)14-4-6-15(24)7-5-14/h4-13H,3H2,1-2H3. The zero-order chi connectivity index (χ0) is 23.7. The first-order valence-electron chi connectivity index (χ1n) is 10.0. The predicted molar refractivity (Wildman–Crippen MR) is 116 cm³/mol. The lowest BCUT2D eigenvalue weighted by molar-refractivity contribution is -0.385. The summed E-state index contributed by atoms with van der Waals surface area (Å²) in [5, 5.41) is 12.2. The Morgan fingerprint density at radius 3 is 2.70 bits per heavy atom. The number of furan rings is 1. The summed E-state index contributed by atoms with van der Waals surface area (Å²) in [6.45, 7) is 3.42. The molecule has 1 unspecified atom stereocenters. The first-order valence-corrected chi connectivity index (χ1v) is 10.0. The number of nitrogens with zero attached hydrogens (tertiary/aromatic N) is 3. The van der Waals surface area contributed by atoms with Gasteiger partial charge in [0.05, 0.1) is 29.2 Å². The summed E-state index contributed by atoms with van der Waals surface area (Å²) in [5.74, 6) is -0.940. The molecule has 4 aromatic rings. The van der Waals surface area contributed by atoms with E-state index in [1.807, 2.05) is 0 Å². The van der Waals surface area contributed by atoms with Gasteiger partial charge in [0.15, 0.2) is 12.1 Å². The molecule has 9 nitrogen and oxygen atoms in total. The Morgan fingerprint density at radius 2 is 2.06 bits per heavy atom. The maximum atomic E-state index is 13.4. The van der Waals surface area contributed by atoms with Gasteiger partial charge >= 0.3 is 5.97 Å². The molecule has 0 aliphatic heterocycles. The van der Waals surface area contributed by atoms with Crippen LogP contribution in [-0.2, 0) is 4.74 Å². The second-order valence-electron chi connectivity index (χ2n) is 7.18. The Hall–Kier alpha value is -4.34.